The number of thioether (sulfide) groups is 1. The first-order valence-corrected chi connectivity index (χ1v) is 10.9. The Morgan fingerprint density at radius 1 is 1.12 bits per heavy atom. The first-order chi connectivity index (χ1) is 15.4. The van der Waals surface area contributed by atoms with E-state index in [2.05, 4.69) is 0 Å². The molecule has 32 heavy (non-hydrogen) atoms. The van der Waals surface area contributed by atoms with Crippen molar-refractivity contribution in [1.82, 2.24) is 4.90 Å². The summed E-state index contributed by atoms with van der Waals surface area (Å²) in [5, 5.41) is 0.436. The number of imide groups is 1. The number of ether oxygens (including phenoxy) is 1. The quantitative estimate of drug-likeness (QED) is 0.311. The fraction of sp³-hybridized carbons (Fsp3) is 0.0870. The summed E-state index contributed by atoms with van der Waals surface area (Å²) in [5.74, 6) is -0.126. The molecule has 0 unspecified atom stereocenters. The number of amides is 2. The van der Waals surface area contributed by atoms with Crippen LogP contribution >= 0.6 is 35.0 Å². The van der Waals surface area contributed by atoms with Crippen LogP contribution in [0.5, 0.6) is 0 Å². The molecule has 3 aromatic rings. The second-order valence-corrected chi connectivity index (χ2v) is 8.58. The molecule has 0 aliphatic carbocycles. The number of carbonyl (C=O) groups excluding carboxylic acids is 3. The third-order valence-electron chi connectivity index (χ3n) is 4.72. The Bertz CT molecular complexity index is 1270. The molecule has 0 spiro atoms. The average molecular weight is 488 g/mol. The summed E-state index contributed by atoms with van der Waals surface area (Å²) < 4.78 is 10.6. The van der Waals surface area contributed by atoms with Gasteiger partial charge in [0, 0.05) is 21.7 Å². The van der Waals surface area contributed by atoms with Crippen molar-refractivity contribution in [1.29, 1.82) is 0 Å². The number of methoxy groups -OCH3 is 1. The van der Waals surface area contributed by atoms with Gasteiger partial charge in [-0.3, -0.25) is 14.5 Å². The molecule has 0 radical (unpaired) electrons. The zero-order valence-corrected chi connectivity index (χ0v) is 19.0. The maximum Gasteiger partial charge on any atom is 0.338 e. The Balaban J connectivity index is 1.57. The Kier molecular flexibility index (Phi) is 6.41. The van der Waals surface area contributed by atoms with Crippen LogP contribution in [-0.2, 0) is 16.1 Å². The van der Waals surface area contributed by atoms with E-state index in [4.69, 9.17) is 32.4 Å². The number of carbonyl (C=O) groups is 3. The lowest BCUT2D eigenvalue weighted by Gasteiger charge is -2.13. The third kappa shape index (κ3) is 4.46. The van der Waals surface area contributed by atoms with Crippen molar-refractivity contribution in [3.8, 4) is 11.3 Å². The van der Waals surface area contributed by atoms with Crippen LogP contribution in [0.4, 0.5) is 4.79 Å². The molecule has 162 valence electrons. The van der Waals surface area contributed by atoms with Crippen molar-refractivity contribution >= 4 is 58.2 Å². The zero-order valence-electron chi connectivity index (χ0n) is 16.6. The molecule has 2 amide bonds. The van der Waals surface area contributed by atoms with Gasteiger partial charge in [-0.2, -0.15) is 0 Å². The molecule has 1 aliphatic rings. The summed E-state index contributed by atoms with van der Waals surface area (Å²) in [5.41, 5.74) is 1.53. The molecule has 4 rings (SSSR count). The Morgan fingerprint density at radius 3 is 2.66 bits per heavy atom. The van der Waals surface area contributed by atoms with E-state index < -0.39 is 17.1 Å². The van der Waals surface area contributed by atoms with Crippen LogP contribution in [-0.4, -0.2) is 29.1 Å². The number of esters is 1. The molecule has 1 fully saturated rings. The maximum atomic E-state index is 12.8. The summed E-state index contributed by atoms with van der Waals surface area (Å²) in [6, 6.07) is 15.1. The summed E-state index contributed by atoms with van der Waals surface area (Å²) in [4.78, 5) is 38.6. The molecule has 1 saturated heterocycles. The highest BCUT2D eigenvalue weighted by Gasteiger charge is 2.35. The van der Waals surface area contributed by atoms with Crippen LogP contribution < -0.4 is 0 Å². The number of hydrogen-bond acceptors (Lipinski definition) is 6. The molecule has 6 nitrogen and oxygen atoms in total. The molecule has 1 aliphatic heterocycles. The molecule has 2 aromatic carbocycles. The Labute approximate surface area is 197 Å². The van der Waals surface area contributed by atoms with Crippen molar-refractivity contribution < 1.29 is 23.5 Å². The number of hydrogen-bond donors (Lipinski definition) is 0. The second kappa shape index (κ2) is 9.24. The topological polar surface area (TPSA) is 76.8 Å². The van der Waals surface area contributed by atoms with Crippen LogP contribution in [0.2, 0.25) is 10.0 Å². The van der Waals surface area contributed by atoms with Gasteiger partial charge in [-0.05, 0) is 47.7 Å². The summed E-state index contributed by atoms with van der Waals surface area (Å²) >= 11 is 12.9. The maximum absolute atomic E-state index is 12.8. The van der Waals surface area contributed by atoms with Crippen molar-refractivity contribution in [3.63, 3.8) is 0 Å². The van der Waals surface area contributed by atoms with E-state index in [1.807, 2.05) is 0 Å². The van der Waals surface area contributed by atoms with Crippen LogP contribution in [0.15, 0.2) is 63.9 Å². The minimum absolute atomic E-state index is 0.0356. The molecule has 0 bridgehead atoms. The fourth-order valence-electron chi connectivity index (χ4n) is 3.15. The normalized spacial score (nSPS) is 15.0. The van der Waals surface area contributed by atoms with Crippen LogP contribution in [0.3, 0.4) is 0 Å². The number of rotatable bonds is 5. The molecule has 0 N–H and O–H groups in total. The summed E-state index contributed by atoms with van der Waals surface area (Å²) in [7, 11) is 1.31. The van der Waals surface area contributed by atoms with E-state index >= 15 is 0 Å². The monoisotopic (exact) mass is 487 g/mol. The lowest BCUT2D eigenvalue weighted by molar-refractivity contribution is -0.123. The van der Waals surface area contributed by atoms with Gasteiger partial charge >= 0.3 is 5.97 Å². The van der Waals surface area contributed by atoms with Crippen molar-refractivity contribution in [2.24, 2.45) is 0 Å². The van der Waals surface area contributed by atoms with Crippen molar-refractivity contribution in [2.45, 2.75) is 6.54 Å². The molecule has 0 saturated carbocycles. The molecule has 2 heterocycles. The van der Waals surface area contributed by atoms with Gasteiger partial charge in [0.15, 0.2) is 0 Å². The summed E-state index contributed by atoms with van der Waals surface area (Å²) in [6.45, 7) is 0.0356. The summed E-state index contributed by atoms with van der Waals surface area (Å²) in [6.07, 6.45) is 1.50. The van der Waals surface area contributed by atoms with Gasteiger partial charge < -0.3 is 9.15 Å². The largest absolute Gasteiger partial charge is 0.465 e. The average Bonchev–Trinajstić information content (AvgIpc) is 3.35. The van der Waals surface area contributed by atoms with E-state index in [1.165, 1.54) is 13.2 Å². The SMILES string of the molecule is COC(=O)c1ccccc1-c1ccc(/C=C2\SC(=O)N(Cc3ccc(Cl)cc3Cl)C2=O)o1. The van der Waals surface area contributed by atoms with E-state index in [-0.39, 0.29) is 11.4 Å². The van der Waals surface area contributed by atoms with Gasteiger partial charge in [0.05, 0.1) is 24.1 Å². The molecule has 1 aromatic heterocycles. The highest BCUT2D eigenvalue weighted by atomic mass is 35.5. The standard InChI is InChI=1S/C23H15Cl2NO5S/c1-30-22(28)17-5-3-2-4-16(17)19-9-8-15(31-19)11-20-21(27)26(23(29)32-20)12-13-6-7-14(24)10-18(13)25/h2-11H,12H2,1H3/b20-11-. The zero-order chi connectivity index (χ0) is 22.8. The fourth-order valence-corrected chi connectivity index (χ4v) is 4.43. The van der Waals surface area contributed by atoms with E-state index in [1.54, 1.807) is 54.6 Å². The van der Waals surface area contributed by atoms with Gasteiger partial charge in [-0.25, -0.2) is 4.79 Å². The Hall–Kier alpha value is -3.00. The lowest BCUT2D eigenvalue weighted by atomic mass is 10.1. The second-order valence-electron chi connectivity index (χ2n) is 6.74. The van der Waals surface area contributed by atoms with Gasteiger partial charge in [-0.15, -0.1) is 0 Å². The predicted molar refractivity (Wildman–Crippen MR) is 123 cm³/mol. The molecule has 9 heteroatoms. The van der Waals surface area contributed by atoms with E-state index in [0.717, 1.165) is 16.7 Å². The van der Waals surface area contributed by atoms with Crippen LogP contribution in [0.1, 0.15) is 21.7 Å². The third-order valence-corrected chi connectivity index (χ3v) is 6.21. The highest BCUT2D eigenvalue weighted by Crippen LogP contribution is 2.35. The number of halogens is 2. The van der Waals surface area contributed by atoms with Crippen molar-refractivity contribution in [3.05, 3.63) is 86.4 Å². The molecule has 0 atom stereocenters. The van der Waals surface area contributed by atoms with E-state index in [0.29, 0.717) is 38.3 Å². The van der Waals surface area contributed by atoms with Crippen LogP contribution in [0, 0.1) is 0 Å². The van der Waals surface area contributed by atoms with Crippen LogP contribution in [0.25, 0.3) is 17.4 Å². The van der Waals surface area contributed by atoms with Gasteiger partial charge in [0.1, 0.15) is 11.5 Å². The molecular formula is C23H15Cl2NO5S. The van der Waals surface area contributed by atoms with Gasteiger partial charge in [0.25, 0.3) is 11.1 Å². The first-order valence-electron chi connectivity index (χ1n) is 9.34. The van der Waals surface area contributed by atoms with Crippen molar-refractivity contribution in [2.75, 3.05) is 7.11 Å². The highest BCUT2D eigenvalue weighted by molar-refractivity contribution is 8.18. The minimum atomic E-state index is -0.486. The number of nitrogens with zero attached hydrogens (tertiary/aromatic N) is 1. The van der Waals surface area contributed by atoms with E-state index in [9.17, 15) is 14.4 Å². The number of benzene rings is 2. The van der Waals surface area contributed by atoms with Gasteiger partial charge in [-0.1, -0.05) is 47.5 Å². The Morgan fingerprint density at radius 2 is 1.91 bits per heavy atom. The minimum Gasteiger partial charge on any atom is -0.465 e. The van der Waals surface area contributed by atoms with Gasteiger partial charge in [0.2, 0.25) is 0 Å². The predicted octanol–water partition coefficient (Wildman–Crippen LogP) is 6.28. The number of furan rings is 1. The lowest BCUT2D eigenvalue weighted by Crippen LogP contribution is -2.27. The molecular weight excluding hydrogens is 473 g/mol. The first kappa shape index (κ1) is 22.2. The smallest absolute Gasteiger partial charge is 0.338 e.